The molecule has 0 aliphatic carbocycles. The molecule has 1 rings (SSSR count). The number of hydrogen-bond acceptors (Lipinski definition) is 4. The zero-order valence-electron chi connectivity index (χ0n) is 9.57. The highest BCUT2D eigenvalue weighted by atomic mass is 31.2. The Labute approximate surface area is 103 Å². The molecule has 0 radical (unpaired) electrons. The Morgan fingerprint density at radius 1 is 1.44 bits per heavy atom. The Kier molecular flexibility index (Phi) is 3.83. The van der Waals surface area contributed by atoms with Crippen LogP contribution in [0.25, 0.3) is 0 Å². The zero-order chi connectivity index (χ0) is 14.1. The number of hydrogen-bond donors (Lipinski definition) is 5. The number of carboxylic acids is 1. The maximum Gasteiger partial charge on any atom is 0.330 e. The molecule has 0 saturated carbocycles. The van der Waals surface area contributed by atoms with Crippen molar-refractivity contribution in [1.29, 1.82) is 0 Å². The second-order valence-electron chi connectivity index (χ2n) is 4.17. The molecular formula is C10H14NO6P. The molecule has 0 fully saturated rings. The highest BCUT2D eigenvalue weighted by Crippen LogP contribution is 2.42. The number of benzene rings is 1. The van der Waals surface area contributed by atoms with Gasteiger partial charge in [-0.05, 0) is 24.6 Å². The second-order valence-corrected chi connectivity index (χ2v) is 5.82. The van der Waals surface area contributed by atoms with Gasteiger partial charge in [0.2, 0.25) is 0 Å². The van der Waals surface area contributed by atoms with Gasteiger partial charge in [-0.25, -0.2) is 4.79 Å². The van der Waals surface area contributed by atoms with Crippen molar-refractivity contribution in [1.82, 2.24) is 0 Å². The van der Waals surface area contributed by atoms with Crippen LogP contribution in [0, 0.1) is 0 Å². The summed E-state index contributed by atoms with van der Waals surface area (Å²) in [5.41, 5.74) is 4.00. The number of aliphatic carboxylic acids is 1. The number of aromatic hydroxyl groups is 1. The molecule has 18 heavy (non-hydrogen) atoms. The van der Waals surface area contributed by atoms with Gasteiger partial charge in [0.1, 0.15) is 11.3 Å². The van der Waals surface area contributed by atoms with Gasteiger partial charge in [0.15, 0.2) is 0 Å². The molecule has 8 heteroatoms. The normalized spacial score (nSPS) is 15.1. The lowest BCUT2D eigenvalue weighted by Gasteiger charge is -2.21. The summed E-state index contributed by atoms with van der Waals surface area (Å²) in [5, 5.41) is 18.4. The van der Waals surface area contributed by atoms with Gasteiger partial charge >= 0.3 is 13.6 Å². The minimum Gasteiger partial charge on any atom is -0.508 e. The highest BCUT2D eigenvalue weighted by Gasteiger charge is 2.31. The van der Waals surface area contributed by atoms with E-state index in [1.54, 1.807) is 0 Å². The minimum atomic E-state index is -4.36. The fourth-order valence-electron chi connectivity index (χ4n) is 1.38. The van der Waals surface area contributed by atoms with E-state index in [-0.39, 0.29) is 16.9 Å². The van der Waals surface area contributed by atoms with Crippen LogP contribution in [0.3, 0.4) is 0 Å². The average molecular weight is 275 g/mol. The second kappa shape index (κ2) is 4.70. The van der Waals surface area contributed by atoms with Gasteiger partial charge in [0, 0.05) is 5.56 Å². The van der Waals surface area contributed by atoms with E-state index in [0.29, 0.717) is 0 Å². The Bertz CT molecular complexity index is 521. The first-order chi connectivity index (χ1) is 8.04. The van der Waals surface area contributed by atoms with Gasteiger partial charge in [-0.3, -0.25) is 4.57 Å². The van der Waals surface area contributed by atoms with Crippen LogP contribution in [-0.4, -0.2) is 26.0 Å². The van der Waals surface area contributed by atoms with Crippen LogP contribution in [0.5, 0.6) is 5.75 Å². The smallest absolute Gasteiger partial charge is 0.330 e. The molecule has 0 unspecified atom stereocenters. The summed E-state index contributed by atoms with van der Waals surface area (Å²) in [4.78, 5) is 28.7. The van der Waals surface area contributed by atoms with Crippen LogP contribution in [0.15, 0.2) is 18.2 Å². The van der Waals surface area contributed by atoms with Gasteiger partial charge < -0.3 is 25.7 Å². The standard InChI is InChI=1S/C10H14NO6P/c1-10(11,9(13)14)7-2-3-8(12)6(4-7)5-18(15,16)17/h2-4,12H,5,11H2,1H3,(H,13,14)(H2,15,16,17)/t10-/m0/s1. The van der Waals surface area contributed by atoms with Gasteiger partial charge in [0.25, 0.3) is 0 Å². The Morgan fingerprint density at radius 2 is 2.00 bits per heavy atom. The third-order valence-corrected chi connectivity index (χ3v) is 3.25. The van der Waals surface area contributed by atoms with E-state index >= 15 is 0 Å². The lowest BCUT2D eigenvalue weighted by atomic mass is 9.92. The van der Waals surface area contributed by atoms with E-state index in [2.05, 4.69) is 0 Å². The SMILES string of the molecule is C[C@@](N)(C(=O)O)c1ccc(O)c(CP(=O)(O)O)c1. The summed E-state index contributed by atoms with van der Waals surface area (Å²) in [6.45, 7) is 1.25. The summed E-state index contributed by atoms with van der Waals surface area (Å²) in [6, 6.07) is 3.64. The lowest BCUT2D eigenvalue weighted by molar-refractivity contribution is -0.143. The molecule has 1 aromatic rings. The Morgan fingerprint density at radius 3 is 2.44 bits per heavy atom. The zero-order valence-corrected chi connectivity index (χ0v) is 10.5. The number of carbonyl (C=O) groups is 1. The van der Waals surface area contributed by atoms with E-state index in [1.165, 1.54) is 19.1 Å². The molecule has 7 nitrogen and oxygen atoms in total. The molecule has 0 spiro atoms. The summed E-state index contributed by atoms with van der Waals surface area (Å²) < 4.78 is 10.9. The van der Waals surface area contributed by atoms with E-state index < -0.39 is 25.3 Å². The molecule has 1 atom stereocenters. The van der Waals surface area contributed by atoms with Gasteiger partial charge in [0.05, 0.1) is 6.16 Å². The van der Waals surface area contributed by atoms with Crippen LogP contribution >= 0.6 is 7.60 Å². The fourth-order valence-corrected chi connectivity index (χ4v) is 2.08. The number of carboxylic acid groups (broad SMARTS) is 1. The molecule has 0 amide bonds. The predicted octanol–water partition coefficient (Wildman–Crippen LogP) is 0.328. The molecule has 0 bridgehead atoms. The molecule has 0 aliphatic heterocycles. The van der Waals surface area contributed by atoms with E-state index in [9.17, 15) is 14.5 Å². The van der Waals surface area contributed by atoms with Crippen molar-refractivity contribution >= 4 is 13.6 Å². The third-order valence-electron chi connectivity index (χ3n) is 2.50. The van der Waals surface area contributed by atoms with Gasteiger partial charge in [-0.2, -0.15) is 0 Å². The summed E-state index contributed by atoms with van der Waals surface area (Å²) in [6.07, 6.45) is -0.678. The summed E-state index contributed by atoms with van der Waals surface area (Å²) in [7, 11) is -4.36. The number of rotatable bonds is 4. The summed E-state index contributed by atoms with van der Waals surface area (Å²) in [5.74, 6) is -1.60. The van der Waals surface area contributed by atoms with Crippen LogP contribution in [0.4, 0.5) is 0 Å². The van der Waals surface area contributed by atoms with Crippen LogP contribution in [0.1, 0.15) is 18.1 Å². The average Bonchev–Trinajstić information content (AvgIpc) is 2.18. The number of phenolic OH excluding ortho intramolecular Hbond substituents is 1. The molecule has 6 N–H and O–H groups in total. The monoisotopic (exact) mass is 275 g/mol. The van der Waals surface area contributed by atoms with Crippen LogP contribution in [-0.2, 0) is 21.1 Å². The van der Waals surface area contributed by atoms with Crippen LogP contribution in [0.2, 0.25) is 0 Å². The molecule has 0 heterocycles. The molecular weight excluding hydrogens is 261 g/mol. The number of nitrogens with two attached hydrogens (primary N) is 1. The van der Waals surface area contributed by atoms with E-state index in [0.717, 1.165) is 6.07 Å². The fraction of sp³-hybridized carbons (Fsp3) is 0.300. The molecule has 1 aromatic carbocycles. The van der Waals surface area contributed by atoms with Crippen LogP contribution < -0.4 is 5.73 Å². The van der Waals surface area contributed by atoms with Gasteiger partial charge in [-0.1, -0.05) is 6.07 Å². The van der Waals surface area contributed by atoms with E-state index in [4.69, 9.17) is 20.6 Å². The van der Waals surface area contributed by atoms with Crippen molar-refractivity contribution < 1.29 is 29.4 Å². The van der Waals surface area contributed by atoms with Gasteiger partial charge in [-0.15, -0.1) is 0 Å². The Balaban J connectivity index is 3.24. The van der Waals surface area contributed by atoms with Crippen molar-refractivity contribution in [2.45, 2.75) is 18.6 Å². The maximum absolute atomic E-state index is 11.0. The molecule has 0 aromatic heterocycles. The largest absolute Gasteiger partial charge is 0.508 e. The molecule has 0 aliphatic rings. The van der Waals surface area contributed by atoms with E-state index in [1.807, 2.05) is 0 Å². The lowest BCUT2D eigenvalue weighted by Crippen LogP contribution is -2.41. The number of phenols is 1. The van der Waals surface area contributed by atoms with Crippen molar-refractivity contribution in [2.24, 2.45) is 5.73 Å². The van der Waals surface area contributed by atoms with Crippen molar-refractivity contribution in [3.05, 3.63) is 29.3 Å². The Hall–Kier alpha value is -1.40. The third kappa shape index (κ3) is 3.30. The summed E-state index contributed by atoms with van der Waals surface area (Å²) >= 11 is 0. The van der Waals surface area contributed by atoms with Crippen molar-refractivity contribution in [3.8, 4) is 5.75 Å². The first kappa shape index (κ1) is 14.7. The quantitative estimate of drug-likeness (QED) is 0.498. The van der Waals surface area contributed by atoms with Crippen molar-refractivity contribution in [2.75, 3.05) is 0 Å². The van der Waals surface area contributed by atoms with Crippen molar-refractivity contribution in [3.63, 3.8) is 0 Å². The first-order valence-electron chi connectivity index (χ1n) is 4.93. The predicted molar refractivity (Wildman–Crippen MR) is 63.0 cm³/mol. The highest BCUT2D eigenvalue weighted by molar-refractivity contribution is 7.50. The maximum atomic E-state index is 11.0. The molecule has 100 valence electrons. The minimum absolute atomic E-state index is 0.0428. The first-order valence-corrected chi connectivity index (χ1v) is 6.73. The topological polar surface area (TPSA) is 141 Å². The molecule has 0 saturated heterocycles.